The Labute approximate surface area is 206 Å². The predicted molar refractivity (Wildman–Crippen MR) is 136 cm³/mol. The van der Waals surface area contributed by atoms with Gasteiger partial charge in [-0.2, -0.15) is 0 Å². The summed E-state index contributed by atoms with van der Waals surface area (Å²) < 4.78 is 0. The smallest absolute Gasteiger partial charge is 0.253 e. The Bertz CT molecular complexity index is 974. The first-order valence-corrected chi connectivity index (χ1v) is 12.3. The molecule has 3 rings (SSSR count). The van der Waals surface area contributed by atoms with Crippen molar-refractivity contribution in [2.75, 3.05) is 19.6 Å². The zero-order valence-corrected chi connectivity index (χ0v) is 20.5. The number of aliphatic imine (C=N–C) groups is 1. The molecule has 0 aliphatic carbocycles. The Hall–Kier alpha value is -2.37. The van der Waals surface area contributed by atoms with Gasteiger partial charge in [-0.15, -0.1) is 0 Å². The molecule has 2 heterocycles. The molecular formula is C26H31Cl2N3O2. The van der Waals surface area contributed by atoms with Crippen LogP contribution >= 0.6 is 23.2 Å². The Morgan fingerprint density at radius 1 is 1.12 bits per heavy atom. The van der Waals surface area contributed by atoms with Gasteiger partial charge in [0.15, 0.2) is 0 Å². The van der Waals surface area contributed by atoms with Crippen molar-refractivity contribution in [1.29, 1.82) is 0 Å². The van der Waals surface area contributed by atoms with Gasteiger partial charge < -0.3 is 10.2 Å². The first-order valence-electron chi connectivity index (χ1n) is 11.5. The van der Waals surface area contributed by atoms with Crippen LogP contribution in [0, 0.1) is 5.92 Å². The lowest BCUT2D eigenvalue weighted by molar-refractivity contribution is -0.117. The number of allylic oxidation sites excluding steroid dienone is 3. The fourth-order valence-electron chi connectivity index (χ4n) is 4.01. The fourth-order valence-corrected chi connectivity index (χ4v) is 4.31. The summed E-state index contributed by atoms with van der Waals surface area (Å²) in [6, 6.07) is 5.04. The molecule has 0 saturated carbocycles. The Balaban J connectivity index is 1.34. The zero-order valence-electron chi connectivity index (χ0n) is 19.0. The molecule has 1 N–H and O–H groups in total. The Morgan fingerprint density at radius 2 is 1.91 bits per heavy atom. The van der Waals surface area contributed by atoms with E-state index in [9.17, 15) is 9.59 Å². The lowest BCUT2D eigenvalue weighted by Crippen LogP contribution is -2.38. The highest BCUT2D eigenvalue weighted by Gasteiger charge is 2.23. The molecule has 0 bridgehead atoms. The van der Waals surface area contributed by atoms with Gasteiger partial charge in [0.05, 0.1) is 10.0 Å². The number of hydrogen-bond donors (Lipinski definition) is 1. The van der Waals surface area contributed by atoms with Crippen LogP contribution in [-0.4, -0.2) is 42.1 Å². The molecule has 1 aromatic carbocycles. The number of hydrogen-bond acceptors (Lipinski definition) is 3. The highest BCUT2D eigenvalue weighted by Crippen LogP contribution is 2.26. The van der Waals surface area contributed by atoms with Gasteiger partial charge in [-0.1, -0.05) is 48.2 Å². The zero-order chi connectivity index (χ0) is 23.6. The number of nitrogens with zero attached hydrogens (tertiary/aromatic N) is 2. The van der Waals surface area contributed by atoms with E-state index >= 15 is 0 Å². The molecule has 0 aromatic heterocycles. The van der Waals surface area contributed by atoms with E-state index in [1.54, 1.807) is 24.4 Å². The number of nitrogens with one attached hydrogen (secondary N) is 1. The molecule has 1 aromatic rings. The van der Waals surface area contributed by atoms with Crippen LogP contribution in [0.15, 0.2) is 59.3 Å². The molecule has 7 heteroatoms. The van der Waals surface area contributed by atoms with Crippen LogP contribution in [0.2, 0.25) is 10.0 Å². The second-order valence-corrected chi connectivity index (χ2v) is 9.31. The number of rotatable bonds is 7. The number of piperidine rings is 1. The van der Waals surface area contributed by atoms with E-state index in [-0.39, 0.29) is 11.8 Å². The van der Waals surface area contributed by atoms with E-state index in [0.717, 1.165) is 50.9 Å². The third-order valence-electron chi connectivity index (χ3n) is 6.02. The quantitative estimate of drug-likeness (QED) is 0.479. The average molecular weight is 488 g/mol. The van der Waals surface area contributed by atoms with Gasteiger partial charge in [0.25, 0.3) is 11.8 Å². The molecule has 2 aliphatic heterocycles. The van der Waals surface area contributed by atoms with E-state index in [1.165, 1.54) is 0 Å². The highest BCUT2D eigenvalue weighted by molar-refractivity contribution is 6.42. The third kappa shape index (κ3) is 7.86. The largest absolute Gasteiger partial charge is 0.352 e. The summed E-state index contributed by atoms with van der Waals surface area (Å²) in [7, 11) is 0. The second kappa shape index (κ2) is 12.8. The van der Waals surface area contributed by atoms with Gasteiger partial charge in [0.1, 0.15) is 0 Å². The predicted octanol–water partition coefficient (Wildman–Crippen LogP) is 5.99. The van der Waals surface area contributed by atoms with Gasteiger partial charge in [-0.3, -0.25) is 14.6 Å². The van der Waals surface area contributed by atoms with Gasteiger partial charge in [0.2, 0.25) is 0 Å². The summed E-state index contributed by atoms with van der Waals surface area (Å²) in [5.41, 5.74) is 2.13. The van der Waals surface area contributed by atoms with Gasteiger partial charge in [0, 0.05) is 42.7 Å². The normalized spacial score (nSPS) is 22.1. The summed E-state index contributed by atoms with van der Waals surface area (Å²) in [5.74, 6) is 0.594. The number of halogens is 2. The molecule has 33 heavy (non-hydrogen) atoms. The summed E-state index contributed by atoms with van der Waals surface area (Å²) in [4.78, 5) is 31.3. The van der Waals surface area contributed by atoms with Gasteiger partial charge in [-0.05, 0) is 68.9 Å². The van der Waals surface area contributed by atoms with Crippen molar-refractivity contribution in [3.63, 3.8) is 0 Å². The average Bonchev–Trinajstić information content (AvgIpc) is 2.92. The van der Waals surface area contributed by atoms with Gasteiger partial charge in [-0.25, -0.2) is 0 Å². The summed E-state index contributed by atoms with van der Waals surface area (Å²) in [6.07, 6.45) is 15.1. The van der Waals surface area contributed by atoms with Crippen molar-refractivity contribution in [2.45, 2.75) is 45.4 Å². The summed E-state index contributed by atoms with van der Waals surface area (Å²) in [5, 5.41) is 3.89. The molecule has 1 fully saturated rings. The highest BCUT2D eigenvalue weighted by atomic mass is 35.5. The lowest BCUT2D eigenvalue weighted by atomic mass is 9.91. The molecule has 176 valence electrons. The molecule has 0 atom stereocenters. The maximum Gasteiger partial charge on any atom is 0.253 e. The molecule has 1 saturated heterocycles. The van der Waals surface area contributed by atoms with Crippen molar-refractivity contribution in [1.82, 2.24) is 10.2 Å². The van der Waals surface area contributed by atoms with Crippen LogP contribution < -0.4 is 5.32 Å². The number of benzene rings is 1. The van der Waals surface area contributed by atoms with Crippen LogP contribution in [0.1, 0.15) is 55.8 Å². The summed E-state index contributed by atoms with van der Waals surface area (Å²) in [6.45, 7) is 4.10. The third-order valence-corrected chi connectivity index (χ3v) is 6.76. The molecule has 2 aliphatic rings. The van der Waals surface area contributed by atoms with Gasteiger partial charge >= 0.3 is 0 Å². The molecule has 0 radical (unpaired) electrons. The molecule has 0 spiro atoms. The first-order chi connectivity index (χ1) is 15.9. The first kappa shape index (κ1) is 25.3. The number of carbonyl (C=O) groups excluding carboxylic acids is 2. The monoisotopic (exact) mass is 487 g/mol. The van der Waals surface area contributed by atoms with E-state index in [4.69, 9.17) is 23.2 Å². The van der Waals surface area contributed by atoms with Crippen LogP contribution in [0.5, 0.6) is 0 Å². The molecule has 5 nitrogen and oxygen atoms in total. The minimum absolute atomic E-state index is 0.0139. The van der Waals surface area contributed by atoms with Crippen LogP contribution in [0.3, 0.4) is 0 Å². The van der Waals surface area contributed by atoms with Crippen LogP contribution in [-0.2, 0) is 4.79 Å². The Kier molecular flexibility index (Phi) is 9.76. The number of carbonyl (C=O) groups is 2. The van der Waals surface area contributed by atoms with Crippen LogP contribution in [0.4, 0.5) is 0 Å². The number of amides is 2. The van der Waals surface area contributed by atoms with E-state index in [2.05, 4.69) is 10.3 Å². The lowest BCUT2D eigenvalue weighted by Gasteiger charge is -2.32. The number of unbranched alkanes of at least 4 members (excludes halogenated alkanes) is 1. The fraction of sp³-hybridized carbons (Fsp3) is 0.423. The maximum atomic E-state index is 12.7. The van der Waals surface area contributed by atoms with E-state index in [1.807, 2.05) is 36.1 Å². The van der Waals surface area contributed by atoms with E-state index in [0.29, 0.717) is 40.1 Å². The van der Waals surface area contributed by atoms with Crippen molar-refractivity contribution < 1.29 is 9.59 Å². The minimum Gasteiger partial charge on any atom is -0.352 e. The van der Waals surface area contributed by atoms with Crippen molar-refractivity contribution in [2.24, 2.45) is 10.9 Å². The van der Waals surface area contributed by atoms with Crippen molar-refractivity contribution >= 4 is 40.7 Å². The summed E-state index contributed by atoms with van der Waals surface area (Å²) >= 11 is 12.0. The minimum atomic E-state index is -0.0385. The molecular weight excluding hydrogens is 457 g/mol. The topological polar surface area (TPSA) is 61.8 Å². The molecule has 2 amide bonds. The second-order valence-electron chi connectivity index (χ2n) is 8.50. The van der Waals surface area contributed by atoms with E-state index < -0.39 is 0 Å². The van der Waals surface area contributed by atoms with Crippen molar-refractivity contribution in [3.8, 4) is 0 Å². The standard InChI is InChI=1S/C26H31Cl2N3O2/c1-19-8-9-21(7-3-5-14-29-19)25(32)30-15-4-2-6-20-12-16-31(17-13-20)26(33)22-10-11-23(27)24(28)18-22/h5,7-11,14,18,20H,2-4,6,12-13,15-17H2,1H3,(H,30,32)/b9-8-,14-5-,21-7-,29-19+. The molecule has 0 unspecified atom stereocenters. The van der Waals surface area contributed by atoms with Crippen LogP contribution in [0.25, 0.3) is 0 Å². The SMILES string of the molecule is CC1=N\C=C/C/C=C(C(=O)NCCCCC2CCN(C(=O)c3ccc(Cl)c(Cl)c3)CC2)/C=C\1. The Morgan fingerprint density at radius 3 is 2.67 bits per heavy atom. The maximum absolute atomic E-state index is 12.7. The number of likely N-dealkylation sites (tertiary alicyclic amines) is 1. The van der Waals surface area contributed by atoms with Crippen molar-refractivity contribution in [3.05, 3.63) is 69.9 Å².